The zero-order valence-electron chi connectivity index (χ0n) is 9.87. The molecule has 0 spiro atoms. The number of anilines is 1. The van der Waals surface area contributed by atoms with Gasteiger partial charge in [-0.15, -0.1) is 0 Å². The van der Waals surface area contributed by atoms with Gasteiger partial charge < -0.3 is 9.64 Å². The SMILES string of the molecule is CC(C)c1ccc(N2CCOCC2)cc1F. The third-order valence-corrected chi connectivity index (χ3v) is 2.98. The highest BCUT2D eigenvalue weighted by Crippen LogP contribution is 2.24. The van der Waals surface area contributed by atoms with Gasteiger partial charge in [-0.1, -0.05) is 19.9 Å². The smallest absolute Gasteiger partial charge is 0.128 e. The van der Waals surface area contributed by atoms with Gasteiger partial charge in [0.2, 0.25) is 0 Å². The van der Waals surface area contributed by atoms with E-state index in [0.717, 1.165) is 37.6 Å². The molecule has 0 atom stereocenters. The molecule has 0 aromatic heterocycles. The van der Waals surface area contributed by atoms with Crippen LogP contribution in [0.1, 0.15) is 25.3 Å². The first-order valence-corrected chi connectivity index (χ1v) is 5.80. The monoisotopic (exact) mass is 223 g/mol. The highest BCUT2D eigenvalue weighted by molar-refractivity contribution is 5.49. The molecule has 1 aromatic rings. The largest absolute Gasteiger partial charge is 0.378 e. The summed E-state index contributed by atoms with van der Waals surface area (Å²) >= 11 is 0. The quantitative estimate of drug-likeness (QED) is 0.764. The number of rotatable bonds is 2. The van der Waals surface area contributed by atoms with E-state index < -0.39 is 0 Å². The lowest BCUT2D eigenvalue weighted by Crippen LogP contribution is -2.36. The fourth-order valence-corrected chi connectivity index (χ4v) is 2.00. The minimum atomic E-state index is -0.0982. The van der Waals surface area contributed by atoms with Gasteiger partial charge in [0.15, 0.2) is 0 Å². The van der Waals surface area contributed by atoms with E-state index in [1.165, 1.54) is 0 Å². The second-order valence-corrected chi connectivity index (χ2v) is 4.46. The second-order valence-electron chi connectivity index (χ2n) is 4.46. The van der Waals surface area contributed by atoms with Crippen molar-refractivity contribution in [2.75, 3.05) is 31.2 Å². The highest BCUT2D eigenvalue weighted by atomic mass is 19.1. The predicted octanol–water partition coefficient (Wildman–Crippen LogP) is 2.79. The number of halogens is 1. The Balaban J connectivity index is 2.19. The molecular weight excluding hydrogens is 205 g/mol. The molecule has 1 aliphatic heterocycles. The molecule has 1 aliphatic rings. The first kappa shape index (κ1) is 11.4. The zero-order valence-corrected chi connectivity index (χ0v) is 9.87. The molecule has 0 aliphatic carbocycles. The van der Waals surface area contributed by atoms with Crippen molar-refractivity contribution in [1.29, 1.82) is 0 Å². The van der Waals surface area contributed by atoms with Crippen molar-refractivity contribution in [2.24, 2.45) is 0 Å². The van der Waals surface area contributed by atoms with Crippen LogP contribution < -0.4 is 4.90 Å². The van der Waals surface area contributed by atoms with Gasteiger partial charge >= 0.3 is 0 Å². The standard InChI is InChI=1S/C13H18FNO/c1-10(2)12-4-3-11(9-13(12)14)15-5-7-16-8-6-15/h3-4,9-10H,5-8H2,1-2H3. The minimum absolute atomic E-state index is 0.0982. The molecular formula is C13H18FNO. The van der Waals surface area contributed by atoms with Crippen molar-refractivity contribution in [3.63, 3.8) is 0 Å². The molecule has 0 N–H and O–H groups in total. The van der Waals surface area contributed by atoms with Crippen LogP contribution in [0.2, 0.25) is 0 Å². The Labute approximate surface area is 96.0 Å². The van der Waals surface area contributed by atoms with Gasteiger partial charge in [0.1, 0.15) is 5.82 Å². The van der Waals surface area contributed by atoms with Crippen molar-refractivity contribution in [1.82, 2.24) is 0 Å². The van der Waals surface area contributed by atoms with Gasteiger partial charge in [-0.3, -0.25) is 0 Å². The van der Waals surface area contributed by atoms with Crippen LogP contribution in [0.15, 0.2) is 18.2 Å². The maximum Gasteiger partial charge on any atom is 0.128 e. The fourth-order valence-electron chi connectivity index (χ4n) is 2.00. The average Bonchev–Trinajstić information content (AvgIpc) is 2.29. The summed E-state index contributed by atoms with van der Waals surface area (Å²) in [6.07, 6.45) is 0. The average molecular weight is 223 g/mol. The van der Waals surface area contributed by atoms with E-state index in [-0.39, 0.29) is 11.7 Å². The van der Waals surface area contributed by atoms with E-state index in [9.17, 15) is 4.39 Å². The summed E-state index contributed by atoms with van der Waals surface area (Å²) in [6.45, 7) is 7.17. The number of nitrogens with zero attached hydrogens (tertiary/aromatic N) is 1. The lowest BCUT2D eigenvalue weighted by molar-refractivity contribution is 0.122. The van der Waals surface area contributed by atoms with Crippen LogP contribution >= 0.6 is 0 Å². The van der Waals surface area contributed by atoms with Crippen LogP contribution in [0.3, 0.4) is 0 Å². The van der Waals surface area contributed by atoms with E-state index in [2.05, 4.69) is 4.90 Å². The Morgan fingerprint density at radius 1 is 1.25 bits per heavy atom. The van der Waals surface area contributed by atoms with Crippen LogP contribution in [-0.2, 0) is 4.74 Å². The third-order valence-electron chi connectivity index (χ3n) is 2.98. The summed E-state index contributed by atoms with van der Waals surface area (Å²) < 4.78 is 19.1. The van der Waals surface area contributed by atoms with Gasteiger partial charge in [-0.25, -0.2) is 4.39 Å². The Hall–Kier alpha value is -1.09. The lowest BCUT2D eigenvalue weighted by Gasteiger charge is -2.29. The molecule has 0 unspecified atom stereocenters. The van der Waals surface area contributed by atoms with E-state index in [4.69, 9.17) is 4.74 Å². The Bertz CT molecular complexity index is 359. The Morgan fingerprint density at radius 3 is 2.50 bits per heavy atom. The molecule has 0 bridgehead atoms. The summed E-state index contributed by atoms with van der Waals surface area (Å²) in [5.74, 6) is 0.137. The fraction of sp³-hybridized carbons (Fsp3) is 0.538. The van der Waals surface area contributed by atoms with E-state index in [1.807, 2.05) is 26.0 Å². The molecule has 3 heteroatoms. The Kier molecular flexibility index (Phi) is 3.44. The number of ether oxygens (including phenoxy) is 1. The zero-order chi connectivity index (χ0) is 11.5. The maximum absolute atomic E-state index is 13.8. The second kappa shape index (κ2) is 4.83. The number of morpholine rings is 1. The number of benzene rings is 1. The van der Waals surface area contributed by atoms with Crippen molar-refractivity contribution < 1.29 is 9.13 Å². The van der Waals surface area contributed by atoms with Crippen LogP contribution in [0, 0.1) is 5.82 Å². The normalized spacial score (nSPS) is 16.9. The van der Waals surface area contributed by atoms with Gasteiger partial charge in [0.05, 0.1) is 13.2 Å². The summed E-state index contributed by atoms with van der Waals surface area (Å²) in [5, 5.41) is 0. The third kappa shape index (κ3) is 2.35. The molecule has 1 fully saturated rings. The van der Waals surface area contributed by atoms with Crippen molar-refractivity contribution in [3.05, 3.63) is 29.6 Å². The van der Waals surface area contributed by atoms with Crippen molar-refractivity contribution >= 4 is 5.69 Å². The lowest BCUT2D eigenvalue weighted by atomic mass is 10.0. The summed E-state index contributed by atoms with van der Waals surface area (Å²) in [4.78, 5) is 2.16. The van der Waals surface area contributed by atoms with Crippen LogP contribution in [0.25, 0.3) is 0 Å². The molecule has 0 amide bonds. The van der Waals surface area contributed by atoms with Crippen LogP contribution in [0.4, 0.5) is 10.1 Å². The van der Waals surface area contributed by atoms with Gasteiger partial charge in [0.25, 0.3) is 0 Å². The van der Waals surface area contributed by atoms with Crippen molar-refractivity contribution in [2.45, 2.75) is 19.8 Å². The van der Waals surface area contributed by atoms with Crippen molar-refractivity contribution in [3.8, 4) is 0 Å². The van der Waals surface area contributed by atoms with E-state index >= 15 is 0 Å². The predicted molar refractivity (Wildman–Crippen MR) is 63.5 cm³/mol. The molecule has 1 saturated heterocycles. The van der Waals surface area contributed by atoms with Gasteiger partial charge in [-0.2, -0.15) is 0 Å². The maximum atomic E-state index is 13.8. The van der Waals surface area contributed by atoms with Gasteiger partial charge in [-0.05, 0) is 23.6 Å². The molecule has 0 saturated carbocycles. The summed E-state index contributed by atoms with van der Waals surface area (Å²) in [6, 6.07) is 5.54. The van der Waals surface area contributed by atoms with E-state index in [0.29, 0.717) is 0 Å². The molecule has 2 nitrogen and oxygen atoms in total. The topological polar surface area (TPSA) is 12.5 Å². The molecule has 16 heavy (non-hydrogen) atoms. The molecule has 1 aromatic carbocycles. The number of hydrogen-bond acceptors (Lipinski definition) is 2. The first-order chi connectivity index (χ1) is 7.68. The molecule has 1 heterocycles. The summed E-state index contributed by atoms with van der Waals surface area (Å²) in [5.41, 5.74) is 1.75. The molecule has 88 valence electrons. The van der Waals surface area contributed by atoms with Gasteiger partial charge in [0, 0.05) is 18.8 Å². The minimum Gasteiger partial charge on any atom is -0.378 e. The van der Waals surface area contributed by atoms with Crippen LogP contribution in [0.5, 0.6) is 0 Å². The highest BCUT2D eigenvalue weighted by Gasteiger charge is 2.13. The number of hydrogen-bond donors (Lipinski definition) is 0. The molecule has 2 rings (SSSR count). The van der Waals surface area contributed by atoms with Crippen LogP contribution in [-0.4, -0.2) is 26.3 Å². The van der Waals surface area contributed by atoms with E-state index in [1.54, 1.807) is 6.07 Å². The first-order valence-electron chi connectivity index (χ1n) is 5.80. The Morgan fingerprint density at radius 2 is 1.94 bits per heavy atom. The molecule has 0 radical (unpaired) electrons. The summed E-state index contributed by atoms with van der Waals surface area (Å²) in [7, 11) is 0.